The van der Waals surface area contributed by atoms with Crippen LogP contribution in [0.4, 0.5) is 0 Å². The molecule has 15 heavy (non-hydrogen) atoms. The highest BCUT2D eigenvalue weighted by Crippen LogP contribution is 2.34. The van der Waals surface area contributed by atoms with Crippen LogP contribution >= 0.6 is 0 Å². The quantitative estimate of drug-likeness (QED) is 0.601. The van der Waals surface area contributed by atoms with Gasteiger partial charge in [-0.05, 0) is 17.8 Å². The van der Waals surface area contributed by atoms with Crippen molar-refractivity contribution in [3.63, 3.8) is 0 Å². The van der Waals surface area contributed by atoms with Crippen LogP contribution in [0.1, 0.15) is 41.0 Å². The summed E-state index contributed by atoms with van der Waals surface area (Å²) in [4.78, 5) is 0. The van der Waals surface area contributed by atoms with Gasteiger partial charge in [-0.2, -0.15) is 8.42 Å². The SMILES string of the molecule is C=C(C(C)C(CC)S(=O)(=O)O)C(C)(C)C. The van der Waals surface area contributed by atoms with Gasteiger partial charge in [0.2, 0.25) is 0 Å². The van der Waals surface area contributed by atoms with E-state index in [0.29, 0.717) is 6.42 Å². The maximum atomic E-state index is 11.1. The van der Waals surface area contributed by atoms with E-state index in [2.05, 4.69) is 6.58 Å². The van der Waals surface area contributed by atoms with E-state index in [1.165, 1.54) is 0 Å². The summed E-state index contributed by atoms with van der Waals surface area (Å²) in [5.41, 5.74) is 0.712. The minimum Gasteiger partial charge on any atom is -0.285 e. The molecular weight excluding hydrogens is 212 g/mol. The molecule has 0 fully saturated rings. The molecule has 0 amide bonds. The van der Waals surface area contributed by atoms with E-state index in [4.69, 9.17) is 4.55 Å². The minimum absolute atomic E-state index is 0.141. The van der Waals surface area contributed by atoms with E-state index in [9.17, 15) is 8.42 Å². The number of hydrogen-bond donors (Lipinski definition) is 1. The summed E-state index contributed by atoms with van der Waals surface area (Å²) < 4.78 is 31.4. The third kappa shape index (κ3) is 3.95. The van der Waals surface area contributed by atoms with E-state index < -0.39 is 15.4 Å². The van der Waals surface area contributed by atoms with Crippen molar-refractivity contribution < 1.29 is 13.0 Å². The summed E-state index contributed by atoms with van der Waals surface area (Å²) in [6.07, 6.45) is 0.398. The Morgan fingerprint density at radius 1 is 1.40 bits per heavy atom. The average Bonchev–Trinajstić information content (AvgIpc) is 1.99. The Morgan fingerprint density at radius 2 is 1.80 bits per heavy atom. The molecule has 0 spiro atoms. The first-order valence-corrected chi connectivity index (χ1v) is 6.67. The van der Waals surface area contributed by atoms with Crippen LogP contribution in [0.15, 0.2) is 12.2 Å². The van der Waals surface area contributed by atoms with Gasteiger partial charge in [-0.1, -0.05) is 46.8 Å². The van der Waals surface area contributed by atoms with E-state index in [-0.39, 0.29) is 11.3 Å². The van der Waals surface area contributed by atoms with Gasteiger partial charge in [-0.15, -0.1) is 0 Å². The Bertz CT molecular complexity index is 322. The van der Waals surface area contributed by atoms with Crippen LogP contribution in [-0.4, -0.2) is 18.2 Å². The third-order valence-electron chi connectivity index (χ3n) is 2.86. The van der Waals surface area contributed by atoms with Gasteiger partial charge < -0.3 is 0 Å². The van der Waals surface area contributed by atoms with Gasteiger partial charge in [0.15, 0.2) is 0 Å². The fourth-order valence-corrected chi connectivity index (χ4v) is 2.83. The summed E-state index contributed by atoms with van der Waals surface area (Å²) >= 11 is 0. The number of hydrogen-bond acceptors (Lipinski definition) is 2. The highest BCUT2D eigenvalue weighted by atomic mass is 32.2. The van der Waals surface area contributed by atoms with Crippen molar-refractivity contribution in [2.24, 2.45) is 11.3 Å². The molecular formula is C11H22O3S. The van der Waals surface area contributed by atoms with Crippen molar-refractivity contribution in [1.82, 2.24) is 0 Å². The van der Waals surface area contributed by atoms with Crippen LogP contribution in [0.3, 0.4) is 0 Å². The molecule has 0 radical (unpaired) electrons. The molecule has 1 N–H and O–H groups in total. The minimum atomic E-state index is -3.98. The number of allylic oxidation sites excluding steroid dienone is 1. The van der Waals surface area contributed by atoms with Crippen molar-refractivity contribution in [3.05, 3.63) is 12.2 Å². The topological polar surface area (TPSA) is 54.4 Å². The highest BCUT2D eigenvalue weighted by molar-refractivity contribution is 7.86. The highest BCUT2D eigenvalue weighted by Gasteiger charge is 2.32. The lowest BCUT2D eigenvalue weighted by molar-refractivity contribution is 0.397. The van der Waals surface area contributed by atoms with Gasteiger partial charge in [0.1, 0.15) is 0 Å². The van der Waals surface area contributed by atoms with Crippen LogP contribution in [0.5, 0.6) is 0 Å². The molecule has 4 heteroatoms. The summed E-state index contributed by atoms with van der Waals surface area (Å²) in [5, 5.41) is -0.746. The first-order chi connectivity index (χ1) is 6.51. The van der Waals surface area contributed by atoms with Gasteiger partial charge in [0.25, 0.3) is 10.1 Å². The largest absolute Gasteiger partial charge is 0.285 e. The molecule has 0 rings (SSSR count). The first-order valence-electron chi connectivity index (χ1n) is 5.17. The summed E-state index contributed by atoms with van der Waals surface area (Å²) in [6, 6.07) is 0. The zero-order valence-electron chi connectivity index (χ0n) is 10.2. The van der Waals surface area contributed by atoms with Crippen LogP contribution in [0, 0.1) is 11.3 Å². The van der Waals surface area contributed by atoms with Crippen molar-refractivity contribution in [2.45, 2.75) is 46.3 Å². The van der Waals surface area contributed by atoms with Crippen molar-refractivity contribution in [1.29, 1.82) is 0 Å². The molecule has 0 aromatic heterocycles. The van der Waals surface area contributed by atoms with Crippen LogP contribution in [0.25, 0.3) is 0 Å². The fraction of sp³-hybridized carbons (Fsp3) is 0.818. The molecule has 0 aromatic rings. The van der Waals surface area contributed by atoms with Crippen molar-refractivity contribution in [3.8, 4) is 0 Å². The normalized spacial score (nSPS) is 17.2. The molecule has 0 aliphatic rings. The van der Waals surface area contributed by atoms with Crippen LogP contribution < -0.4 is 0 Å². The molecule has 0 saturated carbocycles. The van der Waals surface area contributed by atoms with Crippen molar-refractivity contribution >= 4 is 10.1 Å². The molecule has 0 aliphatic heterocycles. The predicted octanol–water partition coefficient (Wildman–Crippen LogP) is 2.89. The Labute approximate surface area is 93.3 Å². The summed E-state index contributed by atoms with van der Waals surface area (Å²) in [6.45, 7) is 13.5. The zero-order valence-corrected chi connectivity index (χ0v) is 11.1. The van der Waals surface area contributed by atoms with Crippen molar-refractivity contribution in [2.75, 3.05) is 0 Å². The lowest BCUT2D eigenvalue weighted by atomic mass is 9.79. The molecule has 0 aliphatic carbocycles. The second kappa shape index (κ2) is 4.66. The summed E-state index contributed by atoms with van der Waals surface area (Å²) in [7, 11) is -3.98. The molecule has 0 bridgehead atoms. The van der Waals surface area contributed by atoms with Gasteiger partial charge in [-0.25, -0.2) is 0 Å². The van der Waals surface area contributed by atoms with E-state index >= 15 is 0 Å². The smallest absolute Gasteiger partial charge is 0.268 e. The van der Waals surface area contributed by atoms with Gasteiger partial charge in [-0.3, -0.25) is 4.55 Å². The Morgan fingerprint density at radius 3 is 2.00 bits per heavy atom. The standard InChI is InChI=1S/C11H22O3S/c1-7-10(15(12,13)14)8(2)9(3)11(4,5)6/h8,10H,3,7H2,1-2,4-6H3,(H,12,13,14). The molecule has 0 aromatic carbocycles. The molecule has 90 valence electrons. The van der Waals surface area contributed by atoms with E-state index in [0.717, 1.165) is 5.57 Å². The Hall–Kier alpha value is -0.350. The molecule has 2 unspecified atom stereocenters. The van der Waals surface area contributed by atoms with Gasteiger partial charge >= 0.3 is 0 Å². The predicted molar refractivity (Wildman–Crippen MR) is 63.4 cm³/mol. The second-order valence-corrected chi connectivity index (χ2v) is 6.66. The lowest BCUT2D eigenvalue weighted by Gasteiger charge is -2.30. The maximum absolute atomic E-state index is 11.1. The second-order valence-electron chi connectivity index (χ2n) is 5.03. The third-order valence-corrected chi connectivity index (χ3v) is 4.36. The summed E-state index contributed by atoms with van der Waals surface area (Å²) in [5.74, 6) is -0.231. The molecule has 3 nitrogen and oxygen atoms in total. The number of rotatable bonds is 4. The molecule has 2 atom stereocenters. The average molecular weight is 234 g/mol. The monoisotopic (exact) mass is 234 g/mol. The van der Waals surface area contributed by atoms with Gasteiger partial charge in [0.05, 0.1) is 5.25 Å². The van der Waals surface area contributed by atoms with Crippen LogP contribution in [-0.2, 0) is 10.1 Å². The van der Waals surface area contributed by atoms with E-state index in [1.807, 2.05) is 20.8 Å². The van der Waals surface area contributed by atoms with Crippen LogP contribution in [0.2, 0.25) is 0 Å². The Balaban J connectivity index is 5.00. The molecule has 0 heterocycles. The lowest BCUT2D eigenvalue weighted by Crippen LogP contribution is -2.31. The first kappa shape index (κ1) is 14.6. The van der Waals surface area contributed by atoms with Gasteiger partial charge in [0, 0.05) is 0 Å². The molecule has 0 saturated heterocycles. The van der Waals surface area contributed by atoms with E-state index in [1.54, 1.807) is 13.8 Å². The fourth-order valence-electron chi connectivity index (χ4n) is 1.73. The maximum Gasteiger partial charge on any atom is 0.268 e. The Kier molecular flexibility index (Phi) is 4.55. The zero-order chi connectivity index (χ0) is 12.4.